The van der Waals surface area contributed by atoms with E-state index in [4.69, 9.17) is 9.47 Å². The molecule has 0 aliphatic heterocycles. The number of allylic oxidation sites excluding steroid dienone is 2. The van der Waals surface area contributed by atoms with E-state index in [0.717, 1.165) is 44.4 Å². The lowest BCUT2D eigenvalue weighted by molar-refractivity contribution is -0.140. The summed E-state index contributed by atoms with van der Waals surface area (Å²) >= 11 is 0. The predicted octanol–water partition coefficient (Wildman–Crippen LogP) is 6.54. The lowest BCUT2D eigenvalue weighted by Gasteiger charge is -2.06. The molecule has 0 atom stereocenters. The molecule has 162 valence electrons. The molecule has 0 saturated carbocycles. The van der Waals surface area contributed by atoms with Crippen LogP contribution in [-0.4, -0.2) is 25.2 Å². The fourth-order valence-corrected chi connectivity index (χ4v) is 2.66. The molecule has 0 aliphatic rings. The summed E-state index contributed by atoms with van der Waals surface area (Å²) in [4.78, 5) is 23.9. The highest BCUT2D eigenvalue weighted by molar-refractivity contribution is 5.90. The van der Waals surface area contributed by atoms with Gasteiger partial charge in [0.2, 0.25) is 0 Å². The molecule has 0 saturated heterocycles. The number of carbonyl (C=O) groups is 2. The van der Waals surface area contributed by atoms with E-state index in [0.29, 0.717) is 24.4 Å². The van der Waals surface area contributed by atoms with Crippen molar-refractivity contribution >= 4 is 11.9 Å². The van der Waals surface area contributed by atoms with Crippen molar-refractivity contribution in [3.63, 3.8) is 0 Å². The number of carbonyl (C=O) groups excluding carboxylic acids is 2. The molecule has 0 aromatic carbocycles. The van der Waals surface area contributed by atoms with Crippen molar-refractivity contribution in [2.24, 2.45) is 5.92 Å². The summed E-state index contributed by atoms with van der Waals surface area (Å²) in [6.07, 6.45) is 14.6. The van der Waals surface area contributed by atoms with Crippen LogP contribution in [-0.2, 0) is 19.1 Å². The number of ether oxygens (including phenoxy) is 2. The molecule has 0 N–H and O–H groups in total. The quantitative estimate of drug-likeness (QED) is 0.129. The molecule has 0 spiro atoms. The Morgan fingerprint density at radius 1 is 0.714 bits per heavy atom. The van der Waals surface area contributed by atoms with Crippen LogP contribution in [0.15, 0.2) is 23.3 Å². The first-order chi connectivity index (χ1) is 13.4. The van der Waals surface area contributed by atoms with E-state index in [1.165, 1.54) is 25.7 Å². The average molecular weight is 395 g/mol. The molecular weight excluding hydrogens is 352 g/mol. The summed E-state index contributed by atoms with van der Waals surface area (Å²) < 4.78 is 10.5. The third kappa shape index (κ3) is 15.5. The van der Waals surface area contributed by atoms with Gasteiger partial charge in [-0.1, -0.05) is 84.3 Å². The third-order valence-electron chi connectivity index (χ3n) is 4.62. The summed E-state index contributed by atoms with van der Waals surface area (Å²) in [5.74, 6) is 0.129. The summed E-state index contributed by atoms with van der Waals surface area (Å²) in [6.45, 7) is 11.0. The summed E-state index contributed by atoms with van der Waals surface area (Å²) in [7, 11) is 0. The number of unbranched alkanes of at least 4 members (excludes halogenated alkanes) is 7. The predicted molar refractivity (Wildman–Crippen MR) is 116 cm³/mol. The topological polar surface area (TPSA) is 52.6 Å². The zero-order chi connectivity index (χ0) is 21.2. The average Bonchev–Trinajstić information content (AvgIpc) is 2.66. The van der Waals surface area contributed by atoms with Gasteiger partial charge in [0.05, 0.1) is 13.2 Å². The van der Waals surface area contributed by atoms with Gasteiger partial charge in [0, 0.05) is 11.1 Å². The second-order valence-electron chi connectivity index (χ2n) is 7.98. The van der Waals surface area contributed by atoms with E-state index in [-0.39, 0.29) is 11.9 Å². The van der Waals surface area contributed by atoms with Gasteiger partial charge < -0.3 is 9.47 Å². The molecule has 4 heteroatoms. The highest BCUT2D eigenvalue weighted by Crippen LogP contribution is 2.11. The Labute approximate surface area is 172 Å². The monoisotopic (exact) mass is 394 g/mol. The summed E-state index contributed by atoms with van der Waals surface area (Å²) in [5.41, 5.74) is 0.982. The van der Waals surface area contributed by atoms with Crippen LogP contribution in [0.25, 0.3) is 0 Å². The van der Waals surface area contributed by atoms with Crippen molar-refractivity contribution in [2.75, 3.05) is 13.2 Å². The minimum Gasteiger partial charge on any atom is -0.462 e. The largest absolute Gasteiger partial charge is 0.462 e. The van der Waals surface area contributed by atoms with Crippen LogP contribution in [0, 0.1) is 5.92 Å². The molecule has 0 unspecified atom stereocenters. The van der Waals surface area contributed by atoms with E-state index in [1.54, 1.807) is 26.0 Å². The van der Waals surface area contributed by atoms with E-state index < -0.39 is 0 Å². The van der Waals surface area contributed by atoms with E-state index in [1.807, 2.05) is 0 Å². The van der Waals surface area contributed by atoms with Gasteiger partial charge in [-0.25, -0.2) is 9.59 Å². The van der Waals surface area contributed by atoms with Crippen LogP contribution in [0.2, 0.25) is 0 Å². The van der Waals surface area contributed by atoms with Gasteiger partial charge in [-0.3, -0.25) is 0 Å². The maximum absolute atomic E-state index is 12.0. The molecule has 4 nitrogen and oxygen atoms in total. The van der Waals surface area contributed by atoms with Gasteiger partial charge in [-0.05, 0) is 32.6 Å². The zero-order valence-corrected chi connectivity index (χ0v) is 18.9. The molecule has 0 aromatic heterocycles. The first kappa shape index (κ1) is 26.4. The van der Waals surface area contributed by atoms with Crippen LogP contribution in [0.5, 0.6) is 0 Å². The number of esters is 2. The molecule has 0 heterocycles. The van der Waals surface area contributed by atoms with Crippen molar-refractivity contribution in [1.29, 1.82) is 0 Å². The number of rotatable bonds is 16. The van der Waals surface area contributed by atoms with Crippen LogP contribution in [0.4, 0.5) is 0 Å². The first-order valence-corrected chi connectivity index (χ1v) is 11.1. The van der Waals surface area contributed by atoms with Crippen molar-refractivity contribution in [3.8, 4) is 0 Å². The van der Waals surface area contributed by atoms with E-state index >= 15 is 0 Å². The Hall–Kier alpha value is -1.58. The third-order valence-corrected chi connectivity index (χ3v) is 4.62. The fourth-order valence-electron chi connectivity index (χ4n) is 2.66. The molecule has 0 amide bonds. The minimum atomic E-state index is -0.327. The zero-order valence-electron chi connectivity index (χ0n) is 18.9. The second-order valence-corrected chi connectivity index (χ2v) is 7.98. The van der Waals surface area contributed by atoms with Crippen LogP contribution in [0.1, 0.15) is 98.8 Å². The lowest BCUT2D eigenvalue weighted by atomic mass is 10.0. The maximum atomic E-state index is 12.0. The van der Waals surface area contributed by atoms with Gasteiger partial charge in [0.15, 0.2) is 0 Å². The molecular formula is C24H42O4. The Kier molecular flexibility index (Phi) is 16.5. The Bertz CT molecular complexity index is 489. The second kappa shape index (κ2) is 17.5. The molecule has 0 aliphatic carbocycles. The van der Waals surface area contributed by atoms with Crippen LogP contribution in [0.3, 0.4) is 0 Å². The highest BCUT2D eigenvalue weighted by Gasteiger charge is 2.07. The Morgan fingerprint density at radius 2 is 1.14 bits per heavy atom. The standard InChI is InChI=1S/C24H42O4/c1-6-7-8-13-18-27-23(25)21(4)16-17-22(5)24(26)28-19-14-11-9-10-12-15-20(2)3/h16-17,20H,6-15,18-19H2,1-5H3. The summed E-state index contributed by atoms with van der Waals surface area (Å²) in [6, 6.07) is 0. The van der Waals surface area contributed by atoms with E-state index in [2.05, 4.69) is 20.8 Å². The number of hydrogen-bond donors (Lipinski definition) is 0. The first-order valence-electron chi connectivity index (χ1n) is 11.1. The molecule has 0 fully saturated rings. The smallest absolute Gasteiger partial charge is 0.333 e. The van der Waals surface area contributed by atoms with Crippen LogP contribution < -0.4 is 0 Å². The molecule has 0 bridgehead atoms. The van der Waals surface area contributed by atoms with Crippen LogP contribution >= 0.6 is 0 Å². The molecule has 0 radical (unpaired) electrons. The molecule has 0 aromatic rings. The van der Waals surface area contributed by atoms with Gasteiger partial charge in [0.1, 0.15) is 0 Å². The Morgan fingerprint density at radius 3 is 1.61 bits per heavy atom. The van der Waals surface area contributed by atoms with Gasteiger partial charge >= 0.3 is 11.9 Å². The SMILES string of the molecule is CCCCCCOC(=O)C(C)=CC=C(C)C(=O)OCCCCCCCC(C)C. The van der Waals surface area contributed by atoms with Crippen molar-refractivity contribution in [3.05, 3.63) is 23.3 Å². The lowest BCUT2D eigenvalue weighted by Crippen LogP contribution is -2.08. The molecule has 0 rings (SSSR count). The Balaban J connectivity index is 3.97. The van der Waals surface area contributed by atoms with Crippen molar-refractivity contribution in [1.82, 2.24) is 0 Å². The highest BCUT2D eigenvalue weighted by atomic mass is 16.5. The van der Waals surface area contributed by atoms with Gasteiger partial charge in [0.25, 0.3) is 0 Å². The van der Waals surface area contributed by atoms with E-state index in [9.17, 15) is 9.59 Å². The molecule has 28 heavy (non-hydrogen) atoms. The van der Waals surface area contributed by atoms with Crippen molar-refractivity contribution in [2.45, 2.75) is 98.8 Å². The fraction of sp³-hybridized carbons (Fsp3) is 0.750. The van der Waals surface area contributed by atoms with Crippen molar-refractivity contribution < 1.29 is 19.1 Å². The number of hydrogen-bond acceptors (Lipinski definition) is 4. The summed E-state index contributed by atoms with van der Waals surface area (Å²) in [5, 5.41) is 0. The maximum Gasteiger partial charge on any atom is 0.333 e. The normalized spacial score (nSPS) is 12.4. The van der Waals surface area contributed by atoms with Gasteiger partial charge in [-0.15, -0.1) is 0 Å². The van der Waals surface area contributed by atoms with Gasteiger partial charge in [-0.2, -0.15) is 0 Å². The minimum absolute atomic E-state index is 0.322.